The highest BCUT2D eigenvalue weighted by Gasteiger charge is 2.60. The molecule has 0 spiro atoms. The van der Waals surface area contributed by atoms with Crippen molar-refractivity contribution in [1.29, 1.82) is 0 Å². The van der Waals surface area contributed by atoms with E-state index in [0.717, 1.165) is 4.90 Å². The first-order chi connectivity index (χ1) is 16.0. The minimum absolute atomic E-state index is 0.298. The maximum absolute atomic E-state index is 13.6. The highest BCUT2D eigenvalue weighted by atomic mass is 19.1. The van der Waals surface area contributed by atoms with E-state index in [2.05, 4.69) is 0 Å². The Balaban J connectivity index is 1.63. The van der Waals surface area contributed by atoms with Gasteiger partial charge in [-0.2, -0.15) is 0 Å². The fourth-order valence-electron chi connectivity index (χ4n) is 4.44. The lowest BCUT2D eigenvalue weighted by atomic mass is 9.89. The van der Waals surface area contributed by atoms with Crippen LogP contribution in [0.3, 0.4) is 0 Å². The summed E-state index contributed by atoms with van der Waals surface area (Å²) in [5, 5.41) is 1.59. The maximum atomic E-state index is 13.6. The van der Waals surface area contributed by atoms with Crippen molar-refractivity contribution in [3.63, 3.8) is 0 Å². The fraction of sp³-hybridized carbons (Fsp3) is 0.200. The summed E-state index contributed by atoms with van der Waals surface area (Å²) in [5.74, 6) is -1.11. The first-order valence-corrected chi connectivity index (χ1v) is 10.4. The number of fused-ring (bicyclic) bond motifs is 1. The van der Waals surface area contributed by atoms with Crippen LogP contribution in [0.25, 0.3) is 0 Å². The van der Waals surface area contributed by atoms with E-state index in [4.69, 9.17) is 14.3 Å². The van der Waals surface area contributed by atoms with Crippen LogP contribution in [-0.2, 0) is 14.4 Å². The number of hydrogen-bond donors (Lipinski definition) is 0. The monoisotopic (exact) mass is 448 g/mol. The van der Waals surface area contributed by atoms with Crippen LogP contribution in [0.1, 0.15) is 11.6 Å². The lowest BCUT2D eigenvalue weighted by Gasteiger charge is -2.29. The van der Waals surface area contributed by atoms with Gasteiger partial charge in [-0.15, -0.1) is 0 Å². The van der Waals surface area contributed by atoms with Crippen LogP contribution in [0, 0.1) is 11.7 Å². The summed E-state index contributed by atoms with van der Waals surface area (Å²) in [7, 11) is 3.09. The topological polar surface area (TPSA) is 68.3 Å². The zero-order valence-electron chi connectivity index (χ0n) is 18.0. The molecule has 0 N–H and O–H groups in total. The molecule has 0 saturated carbocycles. The van der Waals surface area contributed by atoms with Crippen LogP contribution >= 0.6 is 0 Å². The molecule has 2 aliphatic heterocycles. The Labute approximate surface area is 189 Å². The summed E-state index contributed by atoms with van der Waals surface area (Å²) in [6, 6.07) is 19.1. The fourth-order valence-corrected chi connectivity index (χ4v) is 4.44. The van der Waals surface area contributed by atoms with Crippen molar-refractivity contribution in [1.82, 2.24) is 0 Å². The van der Waals surface area contributed by atoms with E-state index in [0.29, 0.717) is 28.4 Å². The predicted octanol–water partition coefficient (Wildman–Crippen LogP) is 3.89. The van der Waals surface area contributed by atoms with Gasteiger partial charge in [0.1, 0.15) is 29.3 Å². The normalized spacial score (nSPS) is 22.0. The number of imide groups is 1. The summed E-state index contributed by atoms with van der Waals surface area (Å²) in [6.07, 6.45) is -1.04. The van der Waals surface area contributed by atoms with Gasteiger partial charge in [0.2, 0.25) is 5.91 Å². The number of methoxy groups -OCH3 is 2. The standard InChI is InChI=1S/C25H21FN2O5/c1-31-18-12-13-20(32-2)19(14-18)22-21-23(33-28(22)17-6-4-3-5-7-17)25(30)27(24(21)29)16-10-8-15(26)9-11-16/h3-14,21-23H,1-2H3/t21-,22+,23+/m1/s1. The van der Waals surface area contributed by atoms with Crippen LogP contribution in [-0.4, -0.2) is 32.1 Å². The average molecular weight is 448 g/mol. The molecule has 2 aliphatic rings. The lowest BCUT2D eigenvalue weighted by Crippen LogP contribution is -2.37. The first-order valence-electron chi connectivity index (χ1n) is 10.4. The minimum atomic E-state index is -1.04. The van der Waals surface area contributed by atoms with Crippen LogP contribution in [0.4, 0.5) is 15.8 Å². The molecule has 2 fully saturated rings. The molecule has 33 heavy (non-hydrogen) atoms. The van der Waals surface area contributed by atoms with E-state index in [1.807, 2.05) is 30.3 Å². The van der Waals surface area contributed by atoms with Crippen LogP contribution in [0.15, 0.2) is 72.8 Å². The van der Waals surface area contributed by atoms with E-state index in [1.54, 1.807) is 30.4 Å². The predicted molar refractivity (Wildman–Crippen MR) is 118 cm³/mol. The Morgan fingerprint density at radius 2 is 1.58 bits per heavy atom. The molecule has 168 valence electrons. The number of rotatable bonds is 5. The molecular formula is C25H21FN2O5. The molecule has 3 aromatic rings. The van der Waals surface area contributed by atoms with E-state index >= 15 is 0 Å². The molecular weight excluding hydrogens is 427 g/mol. The number of halogens is 1. The Morgan fingerprint density at radius 1 is 0.848 bits per heavy atom. The van der Waals surface area contributed by atoms with Crippen molar-refractivity contribution >= 4 is 23.2 Å². The van der Waals surface area contributed by atoms with Crippen molar-refractivity contribution in [2.45, 2.75) is 12.1 Å². The van der Waals surface area contributed by atoms with Crippen LogP contribution in [0.5, 0.6) is 11.5 Å². The maximum Gasteiger partial charge on any atom is 0.266 e. The van der Waals surface area contributed by atoms with Gasteiger partial charge in [0.05, 0.1) is 25.6 Å². The van der Waals surface area contributed by atoms with Crippen molar-refractivity contribution in [3.05, 3.63) is 84.2 Å². The number of carbonyl (C=O) groups is 2. The third-order valence-electron chi connectivity index (χ3n) is 5.97. The van der Waals surface area contributed by atoms with E-state index in [1.165, 1.54) is 31.4 Å². The molecule has 8 heteroatoms. The molecule has 0 aromatic heterocycles. The number of nitrogens with zero attached hydrogens (tertiary/aromatic N) is 2. The third kappa shape index (κ3) is 3.39. The van der Waals surface area contributed by atoms with Gasteiger partial charge in [-0.1, -0.05) is 18.2 Å². The second kappa shape index (κ2) is 8.22. The highest BCUT2D eigenvalue weighted by molar-refractivity contribution is 6.23. The number of para-hydroxylation sites is 1. The SMILES string of the molecule is COc1ccc(OC)c([C@H]2[C@H]3C(=O)N(c4ccc(F)cc4)C(=O)[C@H]3ON2c2ccccc2)c1. The summed E-state index contributed by atoms with van der Waals surface area (Å²) < 4.78 is 24.4. The van der Waals surface area contributed by atoms with Gasteiger partial charge in [-0.25, -0.2) is 14.4 Å². The second-order valence-corrected chi connectivity index (χ2v) is 7.75. The molecule has 2 heterocycles. The number of carbonyl (C=O) groups excluding carboxylic acids is 2. The number of ether oxygens (including phenoxy) is 2. The minimum Gasteiger partial charge on any atom is -0.497 e. The lowest BCUT2D eigenvalue weighted by molar-refractivity contribution is -0.126. The zero-order valence-corrected chi connectivity index (χ0v) is 18.0. The number of hydroxylamine groups is 1. The van der Waals surface area contributed by atoms with E-state index in [-0.39, 0.29) is 0 Å². The van der Waals surface area contributed by atoms with Crippen molar-refractivity contribution in [2.75, 3.05) is 24.2 Å². The van der Waals surface area contributed by atoms with Gasteiger partial charge >= 0.3 is 0 Å². The summed E-state index contributed by atoms with van der Waals surface area (Å²) in [4.78, 5) is 34.1. The highest BCUT2D eigenvalue weighted by Crippen LogP contribution is 2.50. The smallest absolute Gasteiger partial charge is 0.266 e. The molecule has 2 amide bonds. The second-order valence-electron chi connectivity index (χ2n) is 7.75. The molecule has 0 aliphatic carbocycles. The number of hydrogen-bond acceptors (Lipinski definition) is 6. The number of anilines is 2. The zero-order chi connectivity index (χ0) is 23.1. The molecule has 0 unspecified atom stereocenters. The Kier molecular flexibility index (Phi) is 5.22. The van der Waals surface area contributed by atoms with E-state index < -0.39 is 35.7 Å². The summed E-state index contributed by atoms with van der Waals surface area (Å²) in [6.45, 7) is 0. The van der Waals surface area contributed by atoms with Crippen LogP contribution in [0.2, 0.25) is 0 Å². The number of benzene rings is 3. The largest absolute Gasteiger partial charge is 0.497 e. The summed E-state index contributed by atoms with van der Waals surface area (Å²) >= 11 is 0. The number of amides is 2. The molecule has 2 saturated heterocycles. The van der Waals surface area contributed by atoms with Crippen molar-refractivity contribution in [3.8, 4) is 11.5 Å². The molecule has 3 aromatic carbocycles. The van der Waals surface area contributed by atoms with Crippen LogP contribution < -0.4 is 19.4 Å². The molecule has 0 bridgehead atoms. The van der Waals surface area contributed by atoms with Crippen molar-refractivity contribution < 1.29 is 28.3 Å². The molecule has 5 rings (SSSR count). The summed E-state index contributed by atoms with van der Waals surface area (Å²) in [5.41, 5.74) is 1.64. The Hall–Kier alpha value is -3.91. The molecule has 7 nitrogen and oxygen atoms in total. The molecule has 0 radical (unpaired) electrons. The van der Waals surface area contributed by atoms with Gasteiger partial charge < -0.3 is 9.47 Å². The average Bonchev–Trinajstić information content (AvgIpc) is 3.36. The Morgan fingerprint density at radius 3 is 2.24 bits per heavy atom. The Bertz CT molecular complexity index is 1200. The quantitative estimate of drug-likeness (QED) is 0.552. The van der Waals surface area contributed by atoms with Gasteiger partial charge in [-0.3, -0.25) is 14.4 Å². The van der Waals surface area contributed by atoms with Gasteiger partial charge in [-0.05, 0) is 54.6 Å². The van der Waals surface area contributed by atoms with E-state index in [9.17, 15) is 14.0 Å². The van der Waals surface area contributed by atoms with Gasteiger partial charge in [0.15, 0.2) is 6.10 Å². The third-order valence-corrected chi connectivity index (χ3v) is 5.97. The van der Waals surface area contributed by atoms with Gasteiger partial charge in [0, 0.05) is 5.56 Å². The molecule has 3 atom stereocenters. The van der Waals surface area contributed by atoms with Gasteiger partial charge in [0.25, 0.3) is 5.91 Å². The first kappa shape index (κ1) is 21.0. The van der Waals surface area contributed by atoms with Crippen molar-refractivity contribution in [2.24, 2.45) is 5.92 Å².